The van der Waals surface area contributed by atoms with Crippen molar-refractivity contribution in [1.29, 1.82) is 0 Å². The summed E-state index contributed by atoms with van der Waals surface area (Å²) in [7, 11) is 1.54. The quantitative estimate of drug-likeness (QED) is 0.521. The number of cyclic esters (lactones) is 2. The molecule has 0 bridgehead atoms. The van der Waals surface area contributed by atoms with E-state index in [0.29, 0.717) is 17.3 Å². The van der Waals surface area contributed by atoms with Gasteiger partial charge in [0, 0.05) is 23.2 Å². The van der Waals surface area contributed by atoms with Crippen LogP contribution in [-0.4, -0.2) is 46.6 Å². The van der Waals surface area contributed by atoms with E-state index in [1.807, 2.05) is 24.3 Å². The maximum Gasteiger partial charge on any atom is 0.422 e. The molecule has 2 heterocycles. The van der Waals surface area contributed by atoms with Crippen LogP contribution in [0.5, 0.6) is 0 Å². The number of methoxy groups -OCH3 is 1. The van der Waals surface area contributed by atoms with Crippen molar-refractivity contribution in [2.45, 2.75) is 12.6 Å². The molecule has 136 valence electrons. The van der Waals surface area contributed by atoms with Gasteiger partial charge in [-0.2, -0.15) is 0 Å². The summed E-state index contributed by atoms with van der Waals surface area (Å²) in [6, 6.07) is 9.00. The minimum Gasteiger partial charge on any atom is -0.388 e. The van der Waals surface area contributed by atoms with Gasteiger partial charge in [-0.3, -0.25) is 0 Å². The van der Waals surface area contributed by atoms with E-state index in [-0.39, 0.29) is 6.61 Å². The van der Waals surface area contributed by atoms with Gasteiger partial charge in [-0.05, 0) is 12.1 Å². The Morgan fingerprint density at radius 1 is 1.19 bits per heavy atom. The summed E-state index contributed by atoms with van der Waals surface area (Å²) < 4.78 is 15.0. The number of hydrogen-bond acceptors (Lipinski definition) is 9. The van der Waals surface area contributed by atoms with Crippen molar-refractivity contribution in [3.05, 3.63) is 40.5 Å². The number of carbonyl (C=O) groups excluding carboxylic acids is 2. The number of benzene rings is 1. The number of nitrogens with zero attached hydrogens (tertiary/aromatic N) is 2. The highest BCUT2D eigenvalue weighted by atomic mass is 79.9. The molecule has 0 amide bonds. The van der Waals surface area contributed by atoms with E-state index in [0.717, 1.165) is 10.0 Å². The Labute approximate surface area is 156 Å². The van der Waals surface area contributed by atoms with E-state index in [4.69, 9.17) is 4.74 Å². The highest BCUT2D eigenvalue weighted by molar-refractivity contribution is 9.10. The zero-order valence-electron chi connectivity index (χ0n) is 13.6. The first-order valence-corrected chi connectivity index (χ1v) is 8.23. The third-order valence-corrected chi connectivity index (χ3v) is 3.87. The van der Waals surface area contributed by atoms with Crippen LogP contribution in [0.3, 0.4) is 0 Å². The standard InChI is InChI=1S/C16H14BrN3O6/c1-24-7-11-6-12(18-8-16(23)25-14(21)15(22)26-16)20-13(19-11)9-2-4-10(17)5-3-9/h2-6,23H,7-8H2,1H3,(H,18,19,20). The first-order chi connectivity index (χ1) is 12.4. The van der Waals surface area contributed by atoms with E-state index in [2.05, 4.69) is 40.7 Å². The van der Waals surface area contributed by atoms with Crippen molar-refractivity contribution >= 4 is 33.7 Å². The van der Waals surface area contributed by atoms with Gasteiger partial charge in [0.15, 0.2) is 5.82 Å². The number of hydrogen-bond donors (Lipinski definition) is 2. The Kier molecular flexibility index (Phi) is 5.16. The van der Waals surface area contributed by atoms with Crippen molar-refractivity contribution in [1.82, 2.24) is 9.97 Å². The fourth-order valence-electron chi connectivity index (χ4n) is 2.21. The smallest absolute Gasteiger partial charge is 0.388 e. The van der Waals surface area contributed by atoms with Crippen LogP contribution < -0.4 is 5.32 Å². The SMILES string of the molecule is COCc1cc(NCC2(O)OC(=O)C(=O)O2)nc(-c2ccc(Br)cc2)n1. The average Bonchev–Trinajstić information content (AvgIpc) is 2.87. The van der Waals surface area contributed by atoms with Crippen molar-refractivity contribution in [3.63, 3.8) is 0 Å². The van der Waals surface area contributed by atoms with Crippen LogP contribution in [0.1, 0.15) is 5.69 Å². The lowest BCUT2D eigenvalue weighted by atomic mass is 10.2. The molecule has 0 spiro atoms. The summed E-state index contributed by atoms with van der Waals surface area (Å²) in [5.74, 6) is -4.13. The molecule has 1 aromatic carbocycles. The Bertz CT molecular complexity index is 826. The van der Waals surface area contributed by atoms with Gasteiger partial charge in [0.2, 0.25) is 0 Å². The Hall–Kier alpha value is -2.56. The van der Waals surface area contributed by atoms with Crippen LogP contribution in [0.25, 0.3) is 11.4 Å². The second-order valence-corrected chi connectivity index (χ2v) is 6.27. The predicted molar refractivity (Wildman–Crippen MR) is 91.5 cm³/mol. The molecule has 1 aliphatic rings. The van der Waals surface area contributed by atoms with Crippen LogP contribution in [0.15, 0.2) is 34.8 Å². The van der Waals surface area contributed by atoms with Gasteiger partial charge in [0.05, 0.1) is 12.3 Å². The van der Waals surface area contributed by atoms with Crippen molar-refractivity contribution < 1.29 is 28.9 Å². The van der Waals surface area contributed by atoms with Crippen LogP contribution in [0.4, 0.5) is 5.82 Å². The van der Waals surface area contributed by atoms with Crippen molar-refractivity contribution in [3.8, 4) is 11.4 Å². The summed E-state index contributed by atoms with van der Waals surface area (Å²) in [6.45, 7) is -0.150. The maximum atomic E-state index is 11.1. The highest BCUT2D eigenvalue weighted by Crippen LogP contribution is 2.23. The Morgan fingerprint density at radius 3 is 2.46 bits per heavy atom. The summed E-state index contributed by atoms with van der Waals surface area (Å²) in [5, 5.41) is 12.7. The molecule has 1 aliphatic heterocycles. The van der Waals surface area contributed by atoms with Gasteiger partial charge in [0.25, 0.3) is 0 Å². The summed E-state index contributed by atoms with van der Waals surface area (Å²) in [5.41, 5.74) is 1.36. The van der Waals surface area contributed by atoms with Gasteiger partial charge in [-0.25, -0.2) is 19.6 Å². The first-order valence-electron chi connectivity index (χ1n) is 7.44. The molecule has 2 N–H and O–H groups in total. The van der Waals surface area contributed by atoms with E-state index < -0.39 is 24.5 Å². The van der Waals surface area contributed by atoms with E-state index >= 15 is 0 Å². The lowest BCUT2D eigenvalue weighted by Crippen LogP contribution is -2.38. The number of aliphatic hydroxyl groups is 1. The van der Waals surface area contributed by atoms with Crippen molar-refractivity contribution in [2.75, 3.05) is 19.0 Å². The van der Waals surface area contributed by atoms with Gasteiger partial charge in [-0.15, -0.1) is 0 Å². The minimum atomic E-state index is -2.38. The molecule has 0 unspecified atom stereocenters. The van der Waals surface area contributed by atoms with Crippen LogP contribution in [0, 0.1) is 0 Å². The number of carbonyl (C=O) groups is 2. The first kappa shape index (κ1) is 18.2. The third-order valence-electron chi connectivity index (χ3n) is 3.34. The lowest BCUT2D eigenvalue weighted by molar-refractivity contribution is -0.281. The van der Waals surface area contributed by atoms with Crippen LogP contribution in [-0.2, 0) is 30.4 Å². The normalized spacial score (nSPS) is 15.5. The highest BCUT2D eigenvalue weighted by Gasteiger charge is 2.47. The number of anilines is 1. The third kappa shape index (κ3) is 4.15. The number of rotatable bonds is 6. The second-order valence-electron chi connectivity index (χ2n) is 5.35. The predicted octanol–water partition coefficient (Wildman–Crippen LogP) is 1.21. The number of halogens is 1. The summed E-state index contributed by atoms with van der Waals surface area (Å²) in [6.07, 6.45) is 0. The van der Waals surface area contributed by atoms with E-state index in [1.54, 1.807) is 6.07 Å². The van der Waals surface area contributed by atoms with Crippen molar-refractivity contribution in [2.24, 2.45) is 0 Å². The molecule has 26 heavy (non-hydrogen) atoms. The van der Waals surface area contributed by atoms with E-state index in [1.165, 1.54) is 7.11 Å². The molecule has 0 radical (unpaired) electrons. The molecule has 1 saturated heterocycles. The Balaban J connectivity index is 1.83. The Morgan fingerprint density at radius 2 is 1.85 bits per heavy atom. The molecular weight excluding hydrogens is 410 g/mol. The molecule has 2 aromatic rings. The zero-order valence-corrected chi connectivity index (χ0v) is 15.1. The number of ether oxygens (including phenoxy) is 3. The van der Waals surface area contributed by atoms with Crippen LogP contribution >= 0.6 is 15.9 Å². The number of nitrogens with one attached hydrogen (secondary N) is 1. The molecule has 9 nitrogen and oxygen atoms in total. The fourth-order valence-corrected chi connectivity index (χ4v) is 2.47. The number of esters is 2. The monoisotopic (exact) mass is 423 g/mol. The second kappa shape index (κ2) is 7.36. The number of aromatic nitrogens is 2. The van der Waals surface area contributed by atoms with Crippen LogP contribution in [0.2, 0.25) is 0 Å². The largest absolute Gasteiger partial charge is 0.422 e. The molecule has 0 atom stereocenters. The molecule has 10 heteroatoms. The van der Waals surface area contributed by atoms with E-state index in [9.17, 15) is 14.7 Å². The lowest BCUT2D eigenvalue weighted by Gasteiger charge is -2.19. The molecular formula is C16H14BrN3O6. The molecule has 1 fully saturated rings. The summed E-state index contributed by atoms with van der Waals surface area (Å²) in [4.78, 5) is 30.9. The molecule has 0 saturated carbocycles. The minimum absolute atomic E-state index is 0.245. The van der Waals surface area contributed by atoms with Gasteiger partial charge >= 0.3 is 17.9 Å². The van der Waals surface area contributed by atoms with Gasteiger partial charge < -0.3 is 24.6 Å². The topological polar surface area (TPSA) is 120 Å². The molecule has 1 aromatic heterocycles. The zero-order chi connectivity index (χ0) is 18.7. The van der Waals surface area contributed by atoms with Gasteiger partial charge in [-0.1, -0.05) is 28.1 Å². The summed E-state index contributed by atoms with van der Waals surface area (Å²) >= 11 is 3.37. The average molecular weight is 424 g/mol. The molecule has 3 rings (SSSR count). The van der Waals surface area contributed by atoms with Gasteiger partial charge in [0.1, 0.15) is 12.4 Å². The fraction of sp³-hybridized carbons (Fsp3) is 0.250. The maximum absolute atomic E-state index is 11.1. The molecule has 0 aliphatic carbocycles.